The van der Waals surface area contributed by atoms with Crippen molar-refractivity contribution in [2.24, 2.45) is 0 Å². The maximum Gasteiger partial charge on any atom is 0.0548 e. The number of hydrogen-bond donors (Lipinski definition) is 1. The summed E-state index contributed by atoms with van der Waals surface area (Å²) in [5.74, 6) is 0. The fourth-order valence-electron chi connectivity index (χ4n) is 7.46. The van der Waals surface area contributed by atoms with Gasteiger partial charge in [-0.05, 0) is 83.4 Å². The predicted molar refractivity (Wildman–Crippen MR) is 199 cm³/mol. The summed E-state index contributed by atoms with van der Waals surface area (Å²) < 4.78 is 4.76. The van der Waals surface area contributed by atoms with Crippen LogP contribution in [-0.4, -0.2) is 9.13 Å². The molecule has 0 radical (unpaired) electrons. The van der Waals surface area contributed by atoms with Crippen molar-refractivity contribution in [1.29, 1.82) is 0 Å². The van der Waals surface area contributed by atoms with Crippen molar-refractivity contribution in [3.63, 3.8) is 0 Å². The molecule has 1 aliphatic rings. The van der Waals surface area contributed by atoms with E-state index in [1.54, 1.807) is 0 Å². The molecule has 0 saturated carbocycles. The summed E-state index contributed by atoms with van der Waals surface area (Å²) in [6.45, 7) is 0. The van der Waals surface area contributed by atoms with Crippen LogP contribution in [0.2, 0.25) is 0 Å². The maximum absolute atomic E-state index is 3.79. The van der Waals surface area contributed by atoms with Gasteiger partial charge in [-0.15, -0.1) is 0 Å². The number of benzene rings is 7. The Morgan fingerprint density at radius 2 is 0.851 bits per heavy atom. The van der Waals surface area contributed by atoms with Crippen molar-refractivity contribution in [1.82, 2.24) is 9.13 Å². The second kappa shape index (κ2) is 10.1. The van der Waals surface area contributed by atoms with Crippen LogP contribution in [0.1, 0.15) is 11.1 Å². The molecule has 3 nitrogen and oxygen atoms in total. The van der Waals surface area contributed by atoms with E-state index in [1.165, 1.54) is 77.2 Å². The largest absolute Gasteiger partial charge is 0.355 e. The molecule has 0 bridgehead atoms. The number of hydrogen-bond acceptors (Lipinski definition) is 1. The zero-order valence-corrected chi connectivity index (χ0v) is 25.6. The molecule has 0 atom stereocenters. The van der Waals surface area contributed by atoms with E-state index in [0.29, 0.717) is 0 Å². The molecule has 1 N–H and O–H groups in total. The highest BCUT2D eigenvalue weighted by molar-refractivity contribution is 6.12. The molecule has 3 heteroatoms. The van der Waals surface area contributed by atoms with E-state index < -0.39 is 0 Å². The van der Waals surface area contributed by atoms with E-state index in [9.17, 15) is 0 Å². The molecule has 2 aromatic heterocycles. The van der Waals surface area contributed by atoms with Crippen molar-refractivity contribution in [3.05, 3.63) is 169 Å². The third kappa shape index (κ3) is 4.00. The lowest BCUT2D eigenvalue weighted by Gasteiger charge is -2.13. The smallest absolute Gasteiger partial charge is 0.0548 e. The average Bonchev–Trinajstić information content (AvgIpc) is 3.56. The lowest BCUT2D eigenvalue weighted by molar-refractivity contribution is 1.18. The third-order valence-corrected chi connectivity index (χ3v) is 9.64. The Labute approximate surface area is 272 Å². The average molecular weight is 600 g/mol. The lowest BCUT2D eigenvalue weighted by atomic mass is 10.00. The molecular weight excluding hydrogens is 571 g/mol. The highest BCUT2D eigenvalue weighted by Gasteiger charge is 2.18. The first-order chi connectivity index (χ1) is 23.3. The Bertz CT molecular complexity index is 2690. The van der Waals surface area contributed by atoms with Gasteiger partial charge in [0.2, 0.25) is 0 Å². The second-order valence-corrected chi connectivity index (χ2v) is 12.3. The first kappa shape index (κ1) is 26.0. The topological polar surface area (TPSA) is 21.9 Å². The summed E-state index contributed by atoms with van der Waals surface area (Å²) in [4.78, 5) is 0. The van der Waals surface area contributed by atoms with Gasteiger partial charge in [0, 0.05) is 49.9 Å². The lowest BCUT2D eigenvalue weighted by Crippen LogP contribution is -1.96. The van der Waals surface area contributed by atoms with Crippen LogP contribution in [0.3, 0.4) is 0 Å². The molecule has 0 unspecified atom stereocenters. The van der Waals surface area contributed by atoms with Crippen molar-refractivity contribution in [2.45, 2.75) is 0 Å². The standard InChI is InChI=1S/C44H29N3/c1-3-11-33(12-4-1)46-41-17-9-7-15-35(41)37-23-21-30(26-43(37)46)29-22-24-39-31(25-29)19-20-32-27-44-38(28-40(32)45-39)36-16-8-10-18-42(36)47(44)34-13-5-2-6-14-34/h1-28,45H. The molecule has 1 aliphatic heterocycles. The summed E-state index contributed by atoms with van der Waals surface area (Å²) in [5.41, 5.74) is 14.1. The zero-order valence-electron chi connectivity index (χ0n) is 25.6. The fraction of sp³-hybridized carbons (Fsp3) is 0. The predicted octanol–water partition coefficient (Wildman–Crippen LogP) is 11.8. The van der Waals surface area contributed by atoms with Crippen LogP contribution in [0.5, 0.6) is 0 Å². The molecular formula is C44H29N3. The molecule has 3 heterocycles. The van der Waals surface area contributed by atoms with E-state index in [0.717, 1.165) is 11.4 Å². The molecule has 0 saturated heterocycles. The van der Waals surface area contributed by atoms with Crippen molar-refractivity contribution >= 4 is 67.1 Å². The number of fused-ring (bicyclic) bond motifs is 8. The van der Waals surface area contributed by atoms with Crippen LogP contribution in [0.4, 0.5) is 11.4 Å². The number of aromatic nitrogens is 2. The van der Waals surface area contributed by atoms with Crippen molar-refractivity contribution < 1.29 is 0 Å². The summed E-state index contributed by atoms with van der Waals surface area (Å²) >= 11 is 0. The summed E-state index contributed by atoms with van der Waals surface area (Å²) in [6, 6.07) is 57.0. The molecule has 10 rings (SSSR count). The van der Waals surface area contributed by atoms with E-state index in [2.05, 4.69) is 184 Å². The van der Waals surface area contributed by atoms with Gasteiger partial charge in [0.25, 0.3) is 0 Å². The van der Waals surface area contributed by atoms with Gasteiger partial charge in [-0.2, -0.15) is 0 Å². The van der Waals surface area contributed by atoms with Crippen LogP contribution in [0.15, 0.2) is 158 Å². The van der Waals surface area contributed by atoms with Gasteiger partial charge in [0.15, 0.2) is 0 Å². The molecule has 7 aromatic carbocycles. The number of rotatable bonds is 3. The van der Waals surface area contributed by atoms with Gasteiger partial charge < -0.3 is 14.5 Å². The summed E-state index contributed by atoms with van der Waals surface area (Å²) in [7, 11) is 0. The van der Waals surface area contributed by atoms with E-state index in [-0.39, 0.29) is 0 Å². The Hall–Kier alpha value is -6.32. The van der Waals surface area contributed by atoms with Crippen LogP contribution >= 0.6 is 0 Å². The summed E-state index contributed by atoms with van der Waals surface area (Å²) in [5, 5.41) is 8.82. The van der Waals surface area contributed by atoms with Crippen molar-refractivity contribution in [2.75, 3.05) is 5.32 Å². The van der Waals surface area contributed by atoms with Crippen LogP contribution in [-0.2, 0) is 0 Å². The number of nitrogens with zero attached hydrogens (tertiary/aromatic N) is 2. The quantitative estimate of drug-likeness (QED) is 0.214. The maximum atomic E-state index is 3.79. The molecule has 220 valence electrons. The first-order valence-corrected chi connectivity index (χ1v) is 16.1. The number of nitrogens with one attached hydrogen (secondary N) is 1. The molecule has 0 spiro atoms. The third-order valence-electron chi connectivity index (χ3n) is 9.64. The highest BCUT2D eigenvalue weighted by atomic mass is 15.0. The Kier molecular flexibility index (Phi) is 5.57. The van der Waals surface area contributed by atoms with Gasteiger partial charge in [0.05, 0.1) is 22.1 Å². The number of anilines is 2. The Balaban J connectivity index is 1.10. The van der Waals surface area contributed by atoms with Crippen LogP contribution < -0.4 is 5.32 Å². The van der Waals surface area contributed by atoms with Crippen LogP contribution in [0.25, 0.3) is 78.3 Å². The fourth-order valence-corrected chi connectivity index (χ4v) is 7.46. The van der Waals surface area contributed by atoms with E-state index in [1.807, 2.05) is 0 Å². The van der Waals surface area contributed by atoms with Gasteiger partial charge >= 0.3 is 0 Å². The minimum atomic E-state index is 1.11. The second-order valence-electron chi connectivity index (χ2n) is 12.3. The monoisotopic (exact) mass is 599 g/mol. The van der Waals surface area contributed by atoms with Crippen LogP contribution in [0, 0.1) is 0 Å². The van der Waals surface area contributed by atoms with E-state index in [4.69, 9.17) is 0 Å². The molecule has 0 aliphatic carbocycles. The van der Waals surface area contributed by atoms with E-state index >= 15 is 0 Å². The highest BCUT2D eigenvalue weighted by Crippen LogP contribution is 2.40. The number of para-hydroxylation sites is 4. The summed E-state index contributed by atoms with van der Waals surface area (Å²) in [6.07, 6.45) is 4.50. The Morgan fingerprint density at radius 1 is 0.340 bits per heavy atom. The normalized spacial score (nSPS) is 12.3. The first-order valence-electron chi connectivity index (χ1n) is 16.1. The molecule has 9 aromatic rings. The Morgan fingerprint density at radius 3 is 1.53 bits per heavy atom. The van der Waals surface area contributed by atoms with Gasteiger partial charge in [-0.1, -0.05) is 103 Å². The van der Waals surface area contributed by atoms with Gasteiger partial charge in [-0.25, -0.2) is 0 Å². The van der Waals surface area contributed by atoms with Crippen molar-refractivity contribution in [3.8, 4) is 22.5 Å². The van der Waals surface area contributed by atoms with Gasteiger partial charge in [0.1, 0.15) is 0 Å². The molecule has 0 amide bonds. The molecule has 47 heavy (non-hydrogen) atoms. The SMILES string of the molecule is C1=Cc2cc3c(cc2Nc2ccc(-c4ccc5c6ccccc6n(-c6ccccc6)c5c4)cc21)c1ccccc1n3-c1ccccc1. The minimum absolute atomic E-state index is 1.11. The zero-order chi connectivity index (χ0) is 30.9. The minimum Gasteiger partial charge on any atom is -0.355 e. The van der Waals surface area contributed by atoms with Gasteiger partial charge in [-0.3, -0.25) is 0 Å². The molecule has 0 fully saturated rings.